The Morgan fingerprint density at radius 3 is 2.59 bits per heavy atom. The lowest BCUT2D eigenvalue weighted by Crippen LogP contribution is -2.37. The summed E-state index contributed by atoms with van der Waals surface area (Å²) in [6.07, 6.45) is 1.53. The highest BCUT2D eigenvalue weighted by molar-refractivity contribution is 9.10. The molecule has 0 bridgehead atoms. The molecule has 0 saturated carbocycles. The van der Waals surface area contributed by atoms with E-state index in [2.05, 4.69) is 15.9 Å². The van der Waals surface area contributed by atoms with Gasteiger partial charge in [0.1, 0.15) is 0 Å². The van der Waals surface area contributed by atoms with Gasteiger partial charge in [-0.1, -0.05) is 15.9 Å². The second-order valence-electron chi connectivity index (χ2n) is 4.05. The monoisotopic (exact) mass is 319 g/mol. The lowest BCUT2D eigenvalue weighted by atomic mass is 10.2. The van der Waals surface area contributed by atoms with Crippen molar-refractivity contribution in [3.05, 3.63) is 28.7 Å². The number of halogens is 1. The van der Waals surface area contributed by atoms with Crippen LogP contribution in [0.4, 0.5) is 0 Å². The minimum Gasteiger partial charge on any atom is -0.395 e. The molecule has 0 aromatic heterocycles. The van der Waals surface area contributed by atoms with Crippen molar-refractivity contribution >= 4 is 26.0 Å². The average molecular weight is 320 g/mol. The fourth-order valence-electron chi connectivity index (χ4n) is 2.05. The molecule has 1 heterocycles. The van der Waals surface area contributed by atoms with E-state index in [0.717, 1.165) is 17.3 Å². The Morgan fingerprint density at radius 2 is 2.00 bits per heavy atom. The number of sulfonamides is 1. The van der Waals surface area contributed by atoms with Crippen molar-refractivity contribution in [1.29, 1.82) is 0 Å². The maximum Gasteiger partial charge on any atom is 0.243 e. The summed E-state index contributed by atoms with van der Waals surface area (Å²) in [7, 11) is -3.46. The molecule has 0 radical (unpaired) electrons. The number of rotatable bonds is 3. The molecular formula is C11H14BrNO3S. The minimum absolute atomic E-state index is 0.115. The molecule has 1 aliphatic heterocycles. The first-order valence-electron chi connectivity index (χ1n) is 5.44. The Hall–Kier alpha value is -0.430. The summed E-state index contributed by atoms with van der Waals surface area (Å²) in [5, 5.41) is 9.18. The van der Waals surface area contributed by atoms with E-state index in [9.17, 15) is 13.5 Å². The van der Waals surface area contributed by atoms with Crippen molar-refractivity contribution < 1.29 is 13.5 Å². The van der Waals surface area contributed by atoms with Crippen LogP contribution in [0.15, 0.2) is 33.6 Å². The van der Waals surface area contributed by atoms with E-state index in [4.69, 9.17) is 0 Å². The Bertz CT molecular complexity index is 486. The third-order valence-corrected chi connectivity index (χ3v) is 5.45. The highest BCUT2D eigenvalue weighted by atomic mass is 79.9. The van der Waals surface area contributed by atoms with Crippen LogP contribution >= 0.6 is 15.9 Å². The van der Waals surface area contributed by atoms with Crippen LogP contribution in [0.25, 0.3) is 0 Å². The summed E-state index contributed by atoms with van der Waals surface area (Å²) >= 11 is 3.27. The first-order chi connectivity index (χ1) is 8.05. The van der Waals surface area contributed by atoms with E-state index in [-0.39, 0.29) is 17.5 Å². The topological polar surface area (TPSA) is 57.6 Å². The number of hydrogen-bond donors (Lipinski definition) is 1. The number of aliphatic hydroxyl groups is 1. The van der Waals surface area contributed by atoms with Gasteiger partial charge in [0.05, 0.1) is 11.5 Å². The van der Waals surface area contributed by atoms with Crippen LogP contribution in [0.3, 0.4) is 0 Å². The standard InChI is InChI=1S/C11H14BrNO3S/c12-9-3-5-11(6-4-9)17(15,16)13-7-1-2-10(13)8-14/h3-6,10,14H,1-2,7-8H2/t10-/m1/s1. The SMILES string of the molecule is O=S(=O)(c1ccc(Br)cc1)N1CCC[C@@H]1CO. The molecule has 1 atom stereocenters. The molecule has 0 unspecified atom stereocenters. The summed E-state index contributed by atoms with van der Waals surface area (Å²) in [5.41, 5.74) is 0. The van der Waals surface area contributed by atoms with Gasteiger partial charge in [-0.3, -0.25) is 0 Å². The number of aliphatic hydroxyl groups excluding tert-OH is 1. The number of hydrogen-bond acceptors (Lipinski definition) is 3. The predicted octanol–water partition coefficient (Wildman–Crippen LogP) is 1.59. The van der Waals surface area contributed by atoms with Crippen LogP contribution < -0.4 is 0 Å². The molecule has 17 heavy (non-hydrogen) atoms. The fraction of sp³-hybridized carbons (Fsp3) is 0.455. The third-order valence-electron chi connectivity index (χ3n) is 2.95. The van der Waals surface area contributed by atoms with Crippen molar-refractivity contribution in [2.45, 2.75) is 23.8 Å². The van der Waals surface area contributed by atoms with E-state index in [1.165, 1.54) is 4.31 Å². The lowest BCUT2D eigenvalue weighted by molar-refractivity contribution is 0.213. The zero-order valence-corrected chi connectivity index (χ0v) is 11.6. The first-order valence-corrected chi connectivity index (χ1v) is 7.67. The largest absolute Gasteiger partial charge is 0.395 e. The van der Waals surface area contributed by atoms with Crippen molar-refractivity contribution in [1.82, 2.24) is 4.31 Å². The number of benzene rings is 1. The second-order valence-corrected chi connectivity index (χ2v) is 6.85. The predicted molar refractivity (Wildman–Crippen MR) is 68.1 cm³/mol. The van der Waals surface area contributed by atoms with Gasteiger partial charge in [-0.2, -0.15) is 4.31 Å². The van der Waals surface area contributed by atoms with Crippen LogP contribution in [0.1, 0.15) is 12.8 Å². The van der Waals surface area contributed by atoms with E-state index in [1.54, 1.807) is 24.3 Å². The van der Waals surface area contributed by atoms with Gasteiger partial charge in [0.25, 0.3) is 0 Å². The lowest BCUT2D eigenvalue weighted by Gasteiger charge is -2.22. The van der Waals surface area contributed by atoms with Crippen molar-refractivity contribution in [2.24, 2.45) is 0 Å². The van der Waals surface area contributed by atoms with Crippen molar-refractivity contribution in [3.63, 3.8) is 0 Å². The van der Waals surface area contributed by atoms with E-state index >= 15 is 0 Å². The highest BCUT2D eigenvalue weighted by Gasteiger charge is 2.34. The van der Waals surface area contributed by atoms with Gasteiger partial charge in [0.15, 0.2) is 0 Å². The fourth-order valence-corrected chi connectivity index (χ4v) is 4.00. The van der Waals surface area contributed by atoms with Crippen LogP contribution in [-0.4, -0.2) is 37.0 Å². The Balaban J connectivity index is 2.33. The number of nitrogens with zero attached hydrogens (tertiary/aromatic N) is 1. The van der Waals surface area contributed by atoms with Gasteiger partial charge in [0, 0.05) is 17.1 Å². The zero-order valence-electron chi connectivity index (χ0n) is 9.21. The van der Waals surface area contributed by atoms with Gasteiger partial charge in [-0.15, -0.1) is 0 Å². The summed E-state index contributed by atoms with van der Waals surface area (Å²) in [4.78, 5) is 0.279. The minimum atomic E-state index is -3.46. The van der Waals surface area contributed by atoms with Gasteiger partial charge in [0.2, 0.25) is 10.0 Å². The Morgan fingerprint density at radius 1 is 1.35 bits per heavy atom. The maximum absolute atomic E-state index is 12.3. The van der Waals surface area contributed by atoms with Crippen molar-refractivity contribution in [3.8, 4) is 0 Å². The molecule has 94 valence electrons. The third kappa shape index (κ3) is 2.54. The molecule has 1 saturated heterocycles. The van der Waals surface area contributed by atoms with E-state index in [1.807, 2.05) is 0 Å². The molecule has 4 nitrogen and oxygen atoms in total. The molecule has 2 rings (SSSR count). The Kier molecular flexibility index (Phi) is 3.87. The molecule has 6 heteroatoms. The summed E-state index contributed by atoms with van der Waals surface area (Å²) in [5.74, 6) is 0. The van der Waals surface area contributed by atoms with Crippen molar-refractivity contribution in [2.75, 3.05) is 13.2 Å². The maximum atomic E-state index is 12.3. The van der Waals surface area contributed by atoms with Crippen LogP contribution in [0, 0.1) is 0 Å². The van der Waals surface area contributed by atoms with Crippen LogP contribution in [-0.2, 0) is 10.0 Å². The second kappa shape index (κ2) is 5.06. The van der Waals surface area contributed by atoms with E-state index < -0.39 is 10.0 Å². The summed E-state index contributed by atoms with van der Waals surface area (Å²) < 4.78 is 26.9. The van der Waals surface area contributed by atoms with Gasteiger partial charge >= 0.3 is 0 Å². The highest BCUT2D eigenvalue weighted by Crippen LogP contribution is 2.26. The Labute approximate surface area is 109 Å². The zero-order chi connectivity index (χ0) is 12.5. The molecule has 1 aromatic carbocycles. The molecule has 0 amide bonds. The van der Waals surface area contributed by atoms with Gasteiger partial charge in [-0.25, -0.2) is 8.42 Å². The normalized spacial score (nSPS) is 21.9. The molecule has 1 aliphatic rings. The molecule has 0 spiro atoms. The summed E-state index contributed by atoms with van der Waals surface area (Å²) in [6.45, 7) is 0.374. The smallest absolute Gasteiger partial charge is 0.243 e. The molecule has 0 aliphatic carbocycles. The van der Waals surface area contributed by atoms with E-state index in [0.29, 0.717) is 6.54 Å². The summed E-state index contributed by atoms with van der Waals surface area (Å²) in [6, 6.07) is 6.29. The van der Waals surface area contributed by atoms with Crippen LogP contribution in [0.5, 0.6) is 0 Å². The van der Waals surface area contributed by atoms with Crippen LogP contribution in [0.2, 0.25) is 0 Å². The quantitative estimate of drug-likeness (QED) is 0.920. The molecule has 1 aromatic rings. The molecule has 1 fully saturated rings. The molecule has 1 N–H and O–H groups in total. The average Bonchev–Trinajstić information content (AvgIpc) is 2.78. The van der Waals surface area contributed by atoms with Gasteiger partial charge in [-0.05, 0) is 37.1 Å². The first kappa shape index (κ1) is 13.0. The van der Waals surface area contributed by atoms with Gasteiger partial charge < -0.3 is 5.11 Å². The molecular weight excluding hydrogens is 306 g/mol.